The molecule has 0 N–H and O–H groups in total. The lowest BCUT2D eigenvalue weighted by molar-refractivity contribution is 0.0479. The van der Waals surface area contributed by atoms with Gasteiger partial charge in [0.05, 0.1) is 35.4 Å². The number of benzene rings is 2. The van der Waals surface area contributed by atoms with Crippen molar-refractivity contribution in [3.05, 3.63) is 47.0 Å². The van der Waals surface area contributed by atoms with E-state index in [4.69, 9.17) is 14.3 Å². The number of para-hydroxylation sites is 1. The predicted molar refractivity (Wildman–Crippen MR) is 120 cm³/mol. The fraction of sp³-hybridized carbons (Fsp3) is 0.440. The molecule has 0 atom stereocenters. The van der Waals surface area contributed by atoms with Gasteiger partial charge in [-0.05, 0) is 50.3 Å². The van der Waals surface area contributed by atoms with E-state index in [1.807, 2.05) is 30.3 Å². The molecule has 0 saturated heterocycles. The first kappa shape index (κ1) is 21.2. The molecule has 0 amide bonds. The Labute approximate surface area is 182 Å². The van der Waals surface area contributed by atoms with Crippen molar-refractivity contribution < 1.29 is 23.9 Å². The fourth-order valence-corrected chi connectivity index (χ4v) is 4.88. The summed E-state index contributed by atoms with van der Waals surface area (Å²) >= 11 is 0. The third-order valence-corrected chi connectivity index (χ3v) is 6.13. The van der Waals surface area contributed by atoms with Crippen molar-refractivity contribution in [1.82, 2.24) is 4.73 Å². The zero-order chi connectivity index (χ0) is 22.0. The number of ether oxygens (including phenoxy) is 2. The molecule has 1 aliphatic rings. The number of nitrogens with zero attached hydrogens (tertiary/aromatic N) is 1. The minimum Gasteiger partial charge on any atom is -0.462 e. The molecule has 1 aliphatic carbocycles. The number of fused-ring (bicyclic) bond motifs is 3. The summed E-state index contributed by atoms with van der Waals surface area (Å²) < 4.78 is 12.6. The zero-order valence-electron chi connectivity index (χ0n) is 18.4. The topological polar surface area (TPSA) is 66.8 Å². The van der Waals surface area contributed by atoms with Crippen LogP contribution in [0.2, 0.25) is 0 Å². The summed E-state index contributed by atoms with van der Waals surface area (Å²) in [5, 5.41) is 1.50. The first-order valence-corrected chi connectivity index (χ1v) is 11.1. The second kappa shape index (κ2) is 9.00. The average Bonchev–Trinajstić information content (AvgIpc) is 3.12. The van der Waals surface area contributed by atoms with Crippen LogP contribution in [0.3, 0.4) is 0 Å². The molecule has 0 radical (unpaired) electrons. The molecule has 1 heterocycles. The molecule has 0 aliphatic heterocycles. The lowest BCUT2D eigenvalue weighted by atomic mass is 9.80. The van der Waals surface area contributed by atoms with Crippen molar-refractivity contribution >= 4 is 33.7 Å². The molecule has 1 saturated carbocycles. The number of esters is 2. The van der Waals surface area contributed by atoms with Gasteiger partial charge in [0.25, 0.3) is 0 Å². The Morgan fingerprint density at radius 2 is 1.58 bits per heavy atom. The highest BCUT2D eigenvalue weighted by atomic mass is 16.6. The van der Waals surface area contributed by atoms with Gasteiger partial charge in [0.1, 0.15) is 7.11 Å². The molecule has 164 valence electrons. The van der Waals surface area contributed by atoms with E-state index in [0.29, 0.717) is 10.9 Å². The summed E-state index contributed by atoms with van der Waals surface area (Å²) in [7, 11) is 1.61. The van der Waals surface area contributed by atoms with Crippen LogP contribution in [-0.2, 0) is 9.47 Å². The lowest BCUT2D eigenvalue weighted by Gasteiger charge is -2.25. The van der Waals surface area contributed by atoms with Gasteiger partial charge >= 0.3 is 11.9 Å². The van der Waals surface area contributed by atoms with Crippen LogP contribution in [0.25, 0.3) is 21.8 Å². The standard InChI is InChI=1S/C25H29NO5/c1-4-30-24(27)22-18(16-11-7-6-8-12-16)15-20-21(23(22)25(28)31-5-2)17-13-9-10-14-19(17)26(20)29-3/h9-10,13-16H,4-8,11-12H2,1-3H3. The van der Waals surface area contributed by atoms with Crippen molar-refractivity contribution in [2.75, 3.05) is 20.3 Å². The van der Waals surface area contributed by atoms with Crippen molar-refractivity contribution in [1.29, 1.82) is 0 Å². The number of hydrogen-bond donors (Lipinski definition) is 0. The Hall–Kier alpha value is -3.02. The highest BCUT2D eigenvalue weighted by Gasteiger charge is 2.32. The van der Waals surface area contributed by atoms with Gasteiger partial charge in [0, 0.05) is 10.8 Å². The van der Waals surface area contributed by atoms with Crippen LogP contribution in [0.4, 0.5) is 0 Å². The number of rotatable bonds is 6. The molecule has 3 aromatic rings. The minimum atomic E-state index is -0.507. The first-order chi connectivity index (χ1) is 15.1. The second-order valence-electron chi connectivity index (χ2n) is 7.88. The number of carbonyl (C=O) groups excluding carboxylic acids is 2. The van der Waals surface area contributed by atoms with E-state index in [1.165, 1.54) is 6.42 Å². The van der Waals surface area contributed by atoms with Gasteiger partial charge in [-0.2, -0.15) is 4.73 Å². The maximum absolute atomic E-state index is 13.3. The Balaban J connectivity index is 2.14. The summed E-state index contributed by atoms with van der Waals surface area (Å²) in [6.45, 7) is 4.00. The Bertz CT molecular complexity index is 1120. The molecular formula is C25H29NO5. The lowest BCUT2D eigenvalue weighted by Crippen LogP contribution is -2.20. The van der Waals surface area contributed by atoms with Crippen molar-refractivity contribution in [3.8, 4) is 0 Å². The quantitative estimate of drug-likeness (QED) is 0.506. The second-order valence-corrected chi connectivity index (χ2v) is 7.88. The highest BCUT2D eigenvalue weighted by molar-refractivity contribution is 6.21. The molecule has 2 aromatic carbocycles. The monoisotopic (exact) mass is 423 g/mol. The van der Waals surface area contributed by atoms with Crippen molar-refractivity contribution in [2.24, 2.45) is 0 Å². The van der Waals surface area contributed by atoms with Crippen LogP contribution >= 0.6 is 0 Å². The third kappa shape index (κ3) is 3.64. The molecule has 1 aromatic heterocycles. The molecular weight excluding hydrogens is 394 g/mol. The van der Waals surface area contributed by atoms with Crippen LogP contribution < -0.4 is 4.84 Å². The number of carbonyl (C=O) groups is 2. The molecule has 6 nitrogen and oxygen atoms in total. The minimum absolute atomic E-state index is 0.189. The van der Waals surface area contributed by atoms with Crippen LogP contribution in [0, 0.1) is 0 Å². The van der Waals surface area contributed by atoms with Crippen molar-refractivity contribution in [2.45, 2.75) is 51.9 Å². The van der Waals surface area contributed by atoms with Gasteiger partial charge < -0.3 is 14.3 Å². The SMILES string of the molecule is CCOC(=O)c1c(C2CCCCC2)cc2c(c1C(=O)OCC)c1ccccc1n2OC. The Morgan fingerprint density at radius 1 is 0.935 bits per heavy atom. The van der Waals surface area contributed by atoms with E-state index in [9.17, 15) is 9.59 Å². The van der Waals surface area contributed by atoms with Gasteiger partial charge in [-0.3, -0.25) is 0 Å². The van der Waals surface area contributed by atoms with Gasteiger partial charge in [-0.15, -0.1) is 0 Å². The van der Waals surface area contributed by atoms with Gasteiger partial charge in [0.15, 0.2) is 0 Å². The molecule has 31 heavy (non-hydrogen) atoms. The normalized spacial score (nSPS) is 14.7. The van der Waals surface area contributed by atoms with E-state index in [1.54, 1.807) is 25.7 Å². The summed E-state index contributed by atoms with van der Waals surface area (Å²) in [5.74, 6) is -0.788. The molecule has 0 bridgehead atoms. The third-order valence-electron chi connectivity index (χ3n) is 6.13. The van der Waals surface area contributed by atoms with E-state index < -0.39 is 11.9 Å². The zero-order valence-corrected chi connectivity index (χ0v) is 18.4. The molecule has 1 fully saturated rings. The summed E-state index contributed by atoms with van der Waals surface area (Å²) in [4.78, 5) is 32.2. The van der Waals surface area contributed by atoms with Crippen LogP contribution in [0.5, 0.6) is 0 Å². The van der Waals surface area contributed by atoms with Crippen molar-refractivity contribution in [3.63, 3.8) is 0 Å². The van der Waals surface area contributed by atoms with E-state index >= 15 is 0 Å². The number of aromatic nitrogens is 1. The van der Waals surface area contributed by atoms with E-state index in [-0.39, 0.29) is 24.7 Å². The van der Waals surface area contributed by atoms with Crippen LogP contribution in [-0.4, -0.2) is 37.0 Å². The predicted octanol–water partition coefficient (Wildman–Crippen LogP) is 5.25. The Morgan fingerprint density at radius 3 is 2.23 bits per heavy atom. The summed E-state index contributed by atoms with van der Waals surface area (Å²) in [5.41, 5.74) is 3.08. The van der Waals surface area contributed by atoms with Gasteiger partial charge in [-0.25, -0.2) is 9.59 Å². The summed E-state index contributed by atoms with van der Waals surface area (Å²) in [6, 6.07) is 9.73. The molecule has 0 unspecified atom stereocenters. The largest absolute Gasteiger partial charge is 0.462 e. The molecule has 6 heteroatoms. The van der Waals surface area contributed by atoms with E-state index in [0.717, 1.165) is 47.7 Å². The van der Waals surface area contributed by atoms with Crippen LogP contribution in [0.15, 0.2) is 30.3 Å². The van der Waals surface area contributed by atoms with Gasteiger partial charge in [0.2, 0.25) is 0 Å². The average molecular weight is 424 g/mol. The highest BCUT2D eigenvalue weighted by Crippen LogP contribution is 2.41. The maximum Gasteiger partial charge on any atom is 0.339 e. The maximum atomic E-state index is 13.3. The van der Waals surface area contributed by atoms with Gasteiger partial charge in [-0.1, -0.05) is 37.5 Å². The summed E-state index contributed by atoms with van der Waals surface area (Å²) in [6.07, 6.45) is 5.36. The first-order valence-electron chi connectivity index (χ1n) is 11.1. The molecule has 4 rings (SSSR count). The van der Waals surface area contributed by atoms with Crippen LogP contribution in [0.1, 0.15) is 78.1 Å². The Kier molecular flexibility index (Phi) is 6.16. The smallest absolute Gasteiger partial charge is 0.339 e. The molecule has 0 spiro atoms. The van der Waals surface area contributed by atoms with E-state index in [2.05, 4.69) is 0 Å². The number of hydrogen-bond acceptors (Lipinski definition) is 5. The fourth-order valence-electron chi connectivity index (χ4n) is 4.88.